The maximum absolute atomic E-state index is 9.42. The molecule has 1 heterocycles. The van der Waals surface area contributed by atoms with Crippen molar-refractivity contribution < 1.29 is 9.84 Å². The Morgan fingerprint density at radius 3 is 3.00 bits per heavy atom. The number of aliphatic hydroxyl groups excluding tert-OH is 1. The van der Waals surface area contributed by atoms with Crippen LogP contribution in [0, 0.1) is 0 Å². The van der Waals surface area contributed by atoms with Crippen LogP contribution in [0.3, 0.4) is 0 Å². The third-order valence-electron chi connectivity index (χ3n) is 2.26. The van der Waals surface area contributed by atoms with Gasteiger partial charge in [-0.1, -0.05) is 6.92 Å². The van der Waals surface area contributed by atoms with Gasteiger partial charge in [0.2, 0.25) is 0 Å². The molecule has 1 atom stereocenters. The van der Waals surface area contributed by atoms with Crippen molar-refractivity contribution in [3.8, 4) is 0 Å². The minimum absolute atomic E-state index is 0.164. The summed E-state index contributed by atoms with van der Waals surface area (Å²) >= 11 is 0. The lowest BCUT2D eigenvalue weighted by molar-refractivity contribution is 0.101. The normalized spacial score (nSPS) is 23.5. The van der Waals surface area contributed by atoms with E-state index in [0.717, 1.165) is 45.7 Å². The highest BCUT2D eigenvalue weighted by Crippen LogP contribution is 2.01. The van der Waals surface area contributed by atoms with E-state index in [0.29, 0.717) is 0 Å². The van der Waals surface area contributed by atoms with Gasteiger partial charge in [0.05, 0.1) is 12.7 Å². The number of ether oxygens (including phenoxy) is 1. The summed E-state index contributed by atoms with van der Waals surface area (Å²) in [6.07, 6.45) is 1.77. The SMILES string of the molecule is CCC(O)CN1CCCOCC1. The highest BCUT2D eigenvalue weighted by Gasteiger charge is 2.11. The van der Waals surface area contributed by atoms with Gasteiger partial charge in [-0.2, -0.15) is 0 Å². The molecular formula is C9H19NO2. The molecule has 1 unspecified atom stereocenters. The lowest BCUT2D eigenvalue weighted by Crippen LogP contribution is -2.33. The molecule has 1 N–H and O–H groups in total. The predicted molar refractivity (Wildman–Crippen MR) is 48.2 cm³/mol. The minimum atomic E-state index is -0.164. The van der Waals surface area contributed by atoms with E-state index in [4.69, 9.17) is 4.74 Å². The van der Waals surface area contributed by atoms with E-state index in [2.05, 4.69) is 4.90 Å². The van der Waals surface area contributed by atoms with Crippen molar-refractivity contribution in [2.45, 2.75) is 25.9 Å². The Balaban J connectivity index is 2.20. The van der Waals surface area contributed by atoms with Gasteiger partial charge < -0.3 is 9.84 Å². The summed E-state index contributed by atoms with van der Waals surface area (Å²) in [4.78, 5) is 2.28. The molecular weight excluding hydrogens is 154 g/mol. The van der Waals surface area contributed by atoms with Crippen molar-refractivity contribution >= 4 is 0 Å². The van der Waals surface area contributed by atoms with Gasteiger partial charge in [-0.05, 0) is 12.8 Å². The van der Waals surface area contributed by atoms with Gasteiger partial charge in [0.15, 0.2) is 0 Å². The molecule has 72 valence electrons. The van der Waals surface area contributed by atoms with Gasteiger partial charge in [0, 0.05) is 26.2 Å². The van der Waals surface area contributed by atoms with Crippen LogP contribution < -0.4 is 0 Å². The average molecular weight is 173 g/mol. The van der Waals surface area contributed by atoms with Crippen LogP contribution in [0.25, 0.3) is 0 Å². The second-order valence-corrected chi connectivity index (χ2v) is 3.33. The summed E-state index contributed by atoms with van der Waals surface area (Å²) in [5, 5.41) is 9.42. The fourth-order valence-corrected chi connectivity index (χ4v) is 1.41. The zero-order chi connectivity index (χ0) is 8.81. The quantitative estimate of drug-likeness (QED) is 0.674. The lowest BCUT2D eigenvalue weighted by Gasteiger charge is -2.21. The smallest absolute Gasteiger partial charge is 0.0664 e. The van der Waals surface area contributed by atoms with E-state index in [1.54, 1.807) is 0 Å². The van der Waals surface area contributed by atoms with Gasteiger partial charge >= 0.3 is 0 Å². The standard InChI is InChI=1S/C9H19NO2/c1-2-9(11)8-10-4-3-6-12-7-5-10/h9,11H,2-8H2,1H3. The molecule has 0 radical (unpaired) electrons. The van der Waals surface area contributed by atoms with Crippen LogP contribution >= 0.6 is 0 Å². The molecule has 0 saturated carbocycles. The number of β-amino-alcohol motifs (C(OH)–C–C–N with tert-alkyl or cyclic N) is 1. The highest BCUT2D eigenvalue weighted by molar-refractivity contribution is 4.65. The number of rotatable bonds is 3. The van der Waals surface area contributed by atoms with Crippen LogP contribution in [0.4, 0.5) is 0 Å². The topological polar surface area (TPSA) is 32.7 Å². The molecule has 0 aromatic heterocycles. The second-order valence-electron chi connectivity index (χ2n) is 3.33. The van der Waals surface area contributed by atoms with Crippen LogP contribution in [0.2, 0.25) is 0 Å². The van der Waals surface area contributed by atoms with E-state index in [9.17, 15) is 5.11 Å². The molecule has 0 amide bonds. The maximum Gasteiger partial charge on any atom is 0.0664 e. The maximum atomic E-state index is 9.42. The summed E-state index contributed by atoms with van der Waals surface area (Å²) in [7, 11) is 0. The zero-order valence-electron chi connectivity index (χ0n) is 7.83. The predicted octanol–water partition coefficient (Wildman–Crippen LogP) is 0.480. The molecule has 0 bridgehead atoms. The van der Waals surface area contributed by atoms with E-state index >= 15 is 0 Å². The van der Waals surface area contributed by atoms with E-state index in [-0.39, 0.29) is 6.10 Å². The molecule has 0 spiro atoms. The Labute approximate surface area is 74.3 Å². The molecule has 3 nitrogen and oxygen atoms in total. The Morgan fingerprint density at radius 1 is 1.42 bits per heavy atom. The molecule has 0 aromatic carbocycles. The molecule has 1 saturated heterocycles. The fraction of sp³-hybridized carbons (Fsp3) is 1.00. The zero-order valence-corrected chi connectivity index (χ0v) is 7.83. The van der Waals surface area contributed by atoms with Crippen molar-refractivity contribution in [2.75, 3.05) is 32.8 Å². The lowest BCUT2D eigenvalue weighted by atomic mass is 10.2. The van der Waals surface area contributed by atoms with Crippen molar-refractivity contribution in [3.05, 3.63) is 0 Å². The van der Waals surface area contributed by atoms with Gasteiger partial charge in [0.25, 0.3) is 0 Å². The minimum Gasteiger partial charge on any atom is -0.392 e. The van der Waals surface area contributed by atoms with E-state index < -0.39 is 0 Å². The Kier molecular flexibility index (Phi) is 4.58. The molecule has 1 fully saturated rings. The molecule has 12 heavy (non-hydrogen) atoms. The van der Waals surface area contributed by atoms with Gasteiger partial charge in [-0.25, -0.2) is 0 Å². The fourth-order valence-electron chi connectivity index (χ4n) is 1.41. The van der Waals surface area contributed by atoms with Crippen LogP contribution in [0.5, 0.6) is 0 Å². The monoisotopic (exact) mass is 173 g/mol. The van der Waals surface area contributed by atoms with Gasteiger partial charge in [-0.3, -0.25) is 4.90 Å². The third kappa shape index (κ3) is 3.52. The van der Waals surface area contributed by atoms with Gasteiger partial charge in [-0.15, -0.1) is 0 Å². The first kappa shape index (κ1) is 9.96. The van der Waals surface area contributed by atoms with Crippen molar-refractivity contribution in [1.29, 1.82) is 0 Å². The molecule has 3 heteroatoms. The third-order valence-corrected chi connectivity index (χ3v) is 2.26. The largest absolute Gasteiger partial charge is 0.392 e. The summed E-state index contributed by atoms with van der Waals surface area (Å²) in [5.41, 5.74) is 0. The number of nitrogens with zero attached hydrogens (tertiary/aromatic N) is 1. The second kappa shape index (κ2) is 5.51. The van der Waals surface area contributed by atoms with Crippen LogP contribution in [-0.4, -0.2) is 49.0 Å². The van der Waals surface area contributed by atoms with Gasteiger partial charge in [0.1, 0.15) is 0 Å². The van der Waals surface area contributed by atoms with Crippen LogP contribution in [-0.2, 0) is 4.74 Å². The van der Waals surface area contributed by atoms with E-state index in [1.807, 2.05) is 6.92 Å². The molecule has 1 rings (SSSR count). The first-order chi connectivity index (χ1) is 5.83. The summed E-state index contributed by atoms with van der Waals surface area (Å²) in [6, 6.07) is 0. The summed E-state index contributed by atoms with van der Waals surface area (Å²) in [6.45, 7) is 6.54. The van der Waals surface area contributed by atoms with Crippen molar-refractivity contribution in [1.82, 2.24) is 4.90 Å². The average Bonchev–Trinajstić information content (AvgIpc) is 2.33. The highest BCUT2D eigenvalue weighted by atomic mass is 16.5. The number of hydrogen-bond acceptors (Lipinski definition) is 3. The number of hydrogen-bond donors (Lipinski definition) is 1. The van der Waals surface area contributed by atoms with Crippen LogP contribution in [0.1, 0.15) is 19.8 Å². The van der Waals surface area contributed by atoms with E-state index in [1.165, 1.54) is 0 Å². The number of aliphatic hydroxyl groups is 1. The summed E-state index contributed by atoms with van der Waals surface area (Å²) < 4.78 is 5.32. The molecule has 0 aromatic rings. The first-order valence-electron chi connectivity index (χ1n) is 4.81. The van der Waals surface area contributed by atoms with Crippen molar-refractivity contribution in [3.63, 3.8) is 0 Å². The van der Waals surface area contributed by atoms with Crippen molar-refractivity contribution in [2.24, 2.45) is 0 Å². The Bertz CT molecular complexity index is 111. The molecule has 1 aliphatic heterocycles. The molecule has 0 aliphatic carbocycles. The summed E-state index contributed by atoms with van der Waals surface area (Å²) in [5.74, 6) is 0. The Morgan fingerprint density at radius 2 is 2.25 bits per heavy atom. The molecule has 1 aliphatic rings. The van der Waals surface area contributed by atoms with Crippen LogP contribution in [0.15, 0.2) is 0 Å². The Hall–Kier alpha value is -0.120. The first-order valence-corrected chi connectivity index (χ1v) is 4.81.